The van der Waals surface area contributed by atoms with Gasteiger partial charge in [0.25, 0.3) is 0 Å². The van der Waals surface area contributed by atoms with E-state index in [1.54, 1.807) is 0 Å². The van der Waals surface area contributed by atoms with Gasteiger partial charge >= 0.3 is 0 Å². The Balaban J connectivity index is 1.75. The van der Waals surface area contributed by atoms with Gasteiger partial charge in [-0.05, 0) is 18.9 Å². The number of nitrogens with two attached hydrogens (primary N) is 1. The first-order chi connectivity index (χ1) is 9.70. The molecule has 1 amide bonds. The van der Waals surface area contributed by atoms with E-state index in [1.807, 2.05) is 23.1 Å². The minimum atomic E-state index is 0.272. The van der Waals surface area contributed by atoms with Crippen molar-refractivity contribution < 1.29 is 4.79 Å². The van der Waals surface area contributed by atoms with E-state index in [-0.39, 0.29) is 5.91 Å². The van der Waals surface area contributed by atoms with Crippen molar-refractivity contribution in [2.45, 2.75) is 25.8 Å². The molecule has 0 aliphatic carbocycles. The van der Waals surface area contributed by atoms with Gasteiger partial charge in [-0.1, -0.05) is 30.3 Å². The minimum Gasteiger partial charge on any atom is -0.340 e. The quantitative estimate of drug-likeness (QED) is 0.876. The third-order valence-corrected chi connectivity index (χ3v) is 4.10. The van der Waals surface area contributed by atoms with Crippen LogP contribution in [0.15, 0.2) is 30.3 Å². The maximum atomic E-state index is 12.2. The molecule has 1 aliphatic rings. The molecule has 4 nitrogen and oxygen atoms in total. The molecular formula is C16H25N3O. The Morgan fingerprint density at radius 1 is 1.20 bits per heavy atom. The van der Waals surface area contributed by atoms with Gasteiger partial charge in [0.05, 0.1) is 0 Å². The topological polar surface area (TPSA) is 49.6 Å². The molecule has 4 heteroatoms. The maximum Gasteiger partial charge on any atom is 0.222 e. The number of rotatable bonds is 5. The summed E-state index contributed by atoms with van der Waals surface area (Å²) in [6.45, 7) is 6.37. The highest BCUT2D eigenvalue weighted by molar-refractivity contribution is 5.76. The first kappa shape index (κ1) is 15.0. The lowest BCUT2D eigenvalue weighted by molar-refractivity contribution is -0.133. The van der Waals surface area contributed by atoms with Crippen molar-refractivity contribution in [3.8, 4) is 0 Å². The van der Waals surface area contributed by atoms with Gasteiger partial charge in [0, 0.05) is 45.2 Å². The van der Waals surface area contributed by atoms with E-state index in [0.717, 1.165) is 32.6 Å². The number of piperazine rings is 1. The lowest BCUT2D eigenvalue weighted by Crippen LogP contribution is -2.52. The van der Waals surface area contributed by atoms with Crippen LogP contribution in [-0.2, 0) is 11.2 Å². The number of hydrogen-bond acceptors (Lipinski definition) is 3. The maximum absolute atomic E-state index is 12.2. The molecule has 0 spiro atoms. The first-order valence-corrected chi connectivity index (χ1v) is 7.46. The molecule has 1 heterocycles. The van der Waals surface area contributed by atoms with Crippen LogP contribution in [0.3, 0.4) is 0 Å². The molecule has 1 aromatic carbocycles. The molecule has 2 N–H and O–H groups in total. The van der Waals surface area contributed by atoms with Crippen molar-refractivity contribution in [3.05, 3.63) is 35.9 Å². The number of nitrogens with zero attached hydrogens (tertiary/aromatic N) is 2. The van der Waals surface area contributed by atoms with Gasteiger partial charge in [-0.25, -0.2) is 0 Å². The fourth-order valence-electron chi connectivity index (χ4n) is 2.62. The summed E-state index contributed by atoms with van der Waals surface area (Å²) >= 11 is 0. The van der Waals surface area contributed by atoms with Crippen LogP contribution >= 0.6 is 0 Å². The summed E-state index contributed by atoms with van der Waals surface area (Å²) in [6, 6.07) is 10.6. The molecule has 1 unspecified atom stereocenters. The number of carbonyl (C=O) groups excluding carboxylic acids is 1. The van der Waals surface area contributed by atoms with Gasteiger partial charge in [-0.3, -0.25) is 9.69 Å². The van der Waals surface area contributed by atoms with E-state index in [9.17, 15) is 4.79 Å². The molecule has 1 atom stereocenters. The Morgan fingerprint density at radius 2 is 1.85 bits per heavy atom. The van der Waals surface area contributed by atoms with E-state index in [2.05, 4.69) is 24.0 Å². The molecule has 0 aromatic heterocycles. The third-order valence-electron chi connectivity index (χ3n) is 4.10. The van der Waals surface area contributed by atoms with E-state index >= 15 is 0 Å². The van der Waals surface area contributed by atoms with Gasteiger partial charge in [0.1, 0.15) is 0 Å². The van der Waals surface area contributed by atoms with E-state index in [4.69, 9.17) is 5.73 Å². The molecule has 110 valence electrons. The van der Waals surface area contributed by atoms with Gasteiger partial charge in [-0.2, -0.15) is 0 Å². The smallest absolute Gasteiger partial charge is 0.222 e. The third kappa shape index (κ3) is 4.05. The van der Waals surface area contributed by atoms with Crippen LogP contribution in [0.2, 0.25) is 0 Å². The van der Waals surface area contributed by atoms with Gasteiger partial charge in [0.2, 0.25) is 5.91 Å². The van der Waals surface area contributed by atoms with E-state index < -0.39 is 0 Å². The average Bonchev–Trinajstić information content (AvgIpc) is 2.53. The molecule has 1 saturated heterocycles. The molecule has 1 aliphatic heterocycles. The second kappa shape index (κ2) is 7.41. The van der Waals surface area contributed by atoms with Gasteiger partial charge < -0.3 is 10.6 Å². The van der Waals surface area contributed by atoms with Crippen molar-refractivity contribution in [2.24, 2.45) is 5.73 Å². The summed E-state index contributed by atoms with van der Waals surface area (Å²) in [5.74, 6) is 0.272. The highest BCUT2D eigenvalue weighted by Gasteiger charge is 2.22. The van der Waals surface area contributed by atoms with Crippen LogP contribution in [0, 0.1) is 0 Å². The summed E-state index contributed by atoms with van der Waals surface area (Å²) in [5, 5.41) is 0. The Labute approximate surface area is 121 Å². The summed E-state index contributed by atoms with van der Waals surface area (Å²) in [6.07, 6.45) is 1.44. The minimum absolute atomic E-state index is 0.272. The number of benzene rings is 1. The van der Waals surface area contributed by atoms with Crippen LogP contribution < -0.4 is 5.73 Å². The van der Waals surface area contributed by atoms with E-state index in [1.165, 1.54) is 5.56 Å². The largest absolute Gasteiger partial charge is 0.340 e. The van der Waals surface area contributed by atoms with Crippen molar-refractivity contribution >= 4 is 5.91 Å². The molecule has 0 saturated carbocycles. The van der Waals surface area contributed by atoms with Crippen LogP contribution in [0.25, 0.3) is 0 Å². The molecule has 1 aromatic rings. The Morgan fingerprint density at radius 3 is 2.45 bits per heavy atom. The number of hydrogen-bond donors (Lipinski definition) is 1. The summed E-state index contributed by atoms with van der Waals surface area (Å²) in [7, 11) is 0. The lowest BCUT2D eigenvalue weighted by Gasteiger charge is -2.37. The van der Waals surface area contributed by atoms with Crippen molar-refractivity contribution in [1.82, 2.24) is 9.80 Å². The zero-order valence-corrected chi connectivity index (χ0v) is 12.3. The normalized spacial score (nSPS) is 18.0. The second-order valence-corrected chi connectivity index (χ2v) is 5.49. The summed E-state index contributed by atoms with van der Waals surface area (Å²) in [5.41, 5.74) is 6.92. The highest BCUT2D eigenvalue weighted by atomic mass is 16.2. The Kier molecular flexibility index (Phi) is 5.56. The summed E-state index contributed by atoms with van der Waals surface area (Å²) in [4.78, 5) is 16.6. The monoisotopic (exact) mass is 275 g/mol. The van der Waals surface area contributed by atoms with Crippen molar-refractivity contribution in [2.75, 3.05) is 32.7 Å². The molecule has 0 radical (unpaired) electrons. The molecule has 2 rings (SSSR count). The zero-order chi connectivity index (χ0) is 14.4. The molecule has 1 fully saturated rings. The Hall–Kier alpha value is -1.39. The second-order valence-electron chi connectivity index (χ2n) is 5.49. The van der Waals surface area contributed by atoms with E-state index in [0.29, 0.717) is 19.0 Å². The zero-order valence-electron chi connectivity index (χ0n) is 12.3. The van der Waals surface area contributed by atoms with Crippen molar-refractivity contribution in [1.29, 1.82) is 0 Å². The molecule has 0 bridgehead atoms. The fourth-order valence-corrected chi connectivity index (χ4v) is 2.62. The summed E-state index contributed by atoms with van der Waals surface area (Å²) < 4.78 is 0. The standard InChI is InChI=1S/C16H25N3O/c1-14(13-17)18-9-11-19(12-10-18)16(20)8-7-15-5-3-2-4-6-15/h2-6,14H,7-13,17H2,1H3. The predicted octanol–water partition coefficient (Wildman–Crippen LogP) is 1.11. The van der Waals surface area contributed by atoms with Crippen LogP contribution in [0.1, 0.15) is 18.9 Å². The molecular weight excluding hydrogens is 250 g/mol. The Bertz CT molecular complexity index is 413. The van der Waals surface area contributed by atoms with Crippen molar-refractivity contribution in [3.63, 3.8) is 0 Å². The SMILES string of the molecule is CC(CN)N1CCN(C(=O)CCc2ccccc2)CC1. The number of aryl methyl sites for hydroxylation is 1. The van der Waals surface area contributed by atoms with Crippen LogP contribution in [-0.4, -0.2) is 54.5 Å². The highest BCUT2D eigenvalue weighted by Crippen LogP contribution is 2.09. The first-order valence-electron chi connectivity index (χ1n) is 7.46. The average molecular weight is 275 g/mol. The van der Waals surface area contributed by atoms with Crippen LogP contribution in [0.5, 0.6) is 0 Å². The van der Waals surface area contributed by atoms with Gasteiger partial charge in [-0.15, -0.1) is 0 Å². The predicted molar refractivity (Wildman–Crippen MR) is 81.4 cm³/mol. The number of carbonyl (C=O) groups is 1. The molecule has 20 heavy (non-hydrogen) atoms. The van der Waals surface area contributed by atoms with Crippen LogP contribution in [0.4, 0.5) is 0 Å². The lowest BCUT2D eigenvalue weighted by atomic mass is 10.1. The van der Waals surface area contributed by atoms with Gasteiger partial charge in [0.15, 0.2) is 0 Å². The number of amides is 1. The fraction of sp³-hybridized carbons (Fsp3) is 0.562.